The maximum absolute atomic E-state index is 13.1. The second-order valence-corrected chi connectivity index (χ2v) is 5.14. The molecular formula is C11H14FNO3S. The molecule has 0 radical (unpaired) electrons. The second-order valence-electron chi connectivity index (χ2n) is 3.71. The SMILES string of the molecule is CC(CCO)SCc1cc(F)cc([N+](=O)[O-])c1. The van der Waals surface area contributed by atoms with E-state index in [-0.39, 0.29) is 17.5 Å². The maximum atomic E-state index is 13.1. The predicted molar refractivity (Wildman–Crippen MR) is 65.5 cm³/mol. The first-order chi connectivity index (χ1) is 8.02. The molecule has 0 fully saturated rings. The summed E-state index contributed by atoms with van der Waals surface area (Å²) in [5.74, 6) is -0.0932. The molecule has 94 valence electrons. The molecule has 0 aliphatic carbocycles. The van der Waals surface area contributed by atoms with Crippen LogP contribution in [0.5, 0.6) is 0 Å². The molecule has 0 bridgehead atoms. The Labute approximate surface area is 103 Å². The molecule has 1 rings (SSSR count). The maximum Gasteiger partial charge on any atom is 0.272 e. The molecule has 0 aliphatic heterocycles. The van der Waals surface area contributed by atoms with Gasteiger partial charge in [0.05, 0.1) is 11.0 Å². The van der Waals surface area contributed by atoms with Crippen molar-refractivity contribution in [2.75, 3.05) is 6.61 Å². The van der Waals surface area contributed by atoms with Gasteiger partial charge in [0.25, 0.3) is 5.69 Å². The van der Waals surface area contributed by atoms with E-state index in [1.54, 1.807) is 0 Å². The van der Waals surface area contributed by atoms with Gasteiger partial charge in [-0.1, -0.05) is 6.92 Å². The first-order valence-electron chi connectivity index (χ1n) is 5.19. The molecule has 1 N–H and O–H groups in total. The normalized spacial score (nSPS) is 12.4. The Morgan fingerprint density at radius 2 is 2.24 bits per heavy atom. The standard InChI is InChI=1S/C11H14FNO3S/c1-8(2-3-14)17-7-9-4-10(12)6-11(5-9)13(15)16/h4-6,8,14H,2-3,7H2,1H3. The number of aliphatic hydroxyl groups excluding tert-OH is 1. The van der Waals surface area contributed by atoms with Crippen LogP contribution in [0.15, 0.2) is 18.2 Å². The number of nitro groups is 1. The van der Waals surface area contributed by atoms with Gasteiger partial charge >= 0.3 is 0 Å². The van der Waals surface area contributed by atoms with Gasteiger partial charge in [0.1, 0.15) is 5.82 Å². The average Bonchev–Trinajstić information content (AvgIpc) is 2.26. The van der Waals surface area contributed by atoms with E-state index in [0.717, 1.165) is 6.07 Å². The molecule has 1 aromatic rings. The highest BCUT2D eigenvalue weighted by Crippen LogP contribution is 2.23. The molecule has 4 nitrogen and oxygen atoms in total. The van der Waals surface area contributed by atoms with Gasteiger partial charge in [-0.25, -0.2) is 4.39 Å². The Bertz CT molecular complexity index is 400. The summed E-state index contributed by atoms with van der Waals surface area (Å²) >= 11 is 1.53. The number of thioether (sulfide) groups is 1. The lowest BCUT2D eigenvalue weighted by Gasteiger charge is -2.09. The third-order valence-corrected chi connectivity index (χ3v) is 3.53. The second kappa shape index (κ2) is 6.56. The fourth-order valence-corrected chi connectivity index (χ4v) is 2.24. The van der Waals surface area contributed by atoms with Crippen molar-refractivity contribution in [2.24, 2.45) is 0 Å². The molecule has 17 heavy (non-hydrogen) atoms. The predicted octanol–water partition coefficient (Wildman–Crippen LogP) is 2.74. The molecule has 1 aromatic carbocycles. The van der Waals surface area contributed by atoms with Crippen molar-refractivity contribution in [1.82, 2.24) is 0 Å². The number of halogens is 1. The summed E-state index contributed by atoms with van der Waals surface area (Å²) in [6, 6.07) is 3.58. The lowest BCUT2D eigenvalue weighted by molar-refractivity contribution is -0.385. The number of nitro benzene ring substituents is 1. The summed E-state index contributed by atoms with van der Waals surface area (Å²) in [5, 5.41) is 19.5. The highest BCUT2D eigenvalue weighted by Gasteiger charge is 2.10. The summed E-state index contributed by atoms with van der Waals surface area (Å²) < 4.78 is 13.1. The van der Waals surface area contributed by atoms with E-state index in [9.17, 15) is 14.5 Å². The summed E-state index contributed by atoms with van der Waals surface area (Å²) in [6.45, 7) is 2.06. The van der Waals surface area contributed by atoms with Crippen LogP contribution in [0.3, 0.4) is 0 Å². The fourth-order valence-electron chi connectivity index (χ4n) is 1.33. The molecule has 0 aromatic heterocycles. The summed E-state index contributed by atoms with van der Waals surface area (Å²) in [7, 11) is 0. The average molecular weight is 259 g/mol. The molecule has 0 spiro atoms. The molecule has 0 heterocycles. The van der Waals surface area contributed by atoms with Crippen molar-refractivity contribution in [3.8, 4) is 0 Å². The van der Waals surface area contributed by atoms with Gasteiger partial charge in [0, 0.05) is 23.7 Å². The van der Waals surface area contributed by atoms with E-state index >= 15 is 0 Å². The van der Waals surface area contributed by atoms with Crippen molar-refractivity contribution < 1.29 is 14.4 Å². The summed E-state index contributed by atoms with van der Waals surface area (Å²) in [4.78, 5) is 9.94. The monoisotopic (exact) mass is 259 g/mol. The van der Waals surface area contributed by atoms with Crippen molar-refractivity contribution >= 4 is 17.4 Å². The summed E-state index contributed by atoms with van der Waals surface area (Å²) in [5.41, 5.74) is 0.363. The Hall–Kier alpha value is -1.14. The van der Waals surface area contributed by atoms with E-state index < -0.39 is 10.7 Å². The van der Waals surface area contributed by atoms with Gasteiger partial charge in [0.2, 0.25) is 0 Å². The molecule has 0 saturated carbocycles. The van der Waals surface area contributed by atoms with E-state index in [0.29, 0.717) is 17.7 Å². The van der Waals surface area contributed by atoms with Crippen LogP contribution >= 0.6 is 11.8 Å². The van der Waals surface area contributed by atoms with Gasteiger partial charge in [-0.2, -0.15) is 11.8 Å². The first-order valence-corrected chi connectivity index (χ1v) is 6.24. The molecule has 1 unspecified atom stereocenters. The van der Waals surface area contributed by atoms with E-state index in [4.69, 9.17) is 5.11 Å². The Morgan fingerprint density at radius 3 is 2.82 bits per heavy atom. The van der Waals surface area contributed by atoms with Crippen LogP contribution in [-0.4, -0.2) is 21.9 Å². The Morgan fingerprint density at radius 1 is 1.53 bits per heavy atom. The van der Waals surface area contributed by atoms with Crippen molar-refractivity contribution in [3.63, 3.8) is 0 Å². The number of non-ortho nitro benzene ring substituents is 1. The van der Waals surface area contributed by atoms with Crippen LogP contribution in [-0.2, 0) is 5.75 Å². The lowest BCUT2D eigenvalue weighted by atomic mass is 10.2. The molecular weight excluding hydrogens is 245 g/mol. The number of hydrogen-bond donors (Lipinski definition) is 1. The topological polar surface area (TPSA) is 63.4 Å². The number of benzene rings is 1. The van der Waals surface area contributed by atoms with Crippen molar-refractivity contribution in [1.29, 1.82) is 0 Å². The van der Waals surface area contributed by atoms with E-state index in [2.05, 4.69) is 0 Å². The van der Waals surface area contributed by atoms with Crippen LogP contribution < -0.4 is 0 Å². The zero-order valence-electron chi connectivity index (χ0n) is 9.43. The third-order valence-electron chi connectivity index (χ3n) is 2.22. The van der Waals surface area contributed by atoms with Gasteiger partial charge in [-0.05, 0) is 18.1 Å². The smallest absolute Gasteiger partial charge is 0.272 e. The quantitative estimate of drug-likeness (QED) is 0.630. The minimum absolute atomic E-state index is 0.109. The largest absolute Gasteiger partial charge is 0.396 e. The third kappa shape index (κ3) is 4.70. The zero-order chi connectivity index (χ0) is 12.8. The van der Waals surface area contributed by atoms with E-state index in [1.807, 2.05) is 6.92 Å². The van der Waals surface area contributed by atoms with Crippen molar-refractivity contribution in [2.45, 2.75) is 24.3 Å². The zero-order valence-corrected chi connectivity index (χ0v) is 10.2. The van der Waals surface area contributed by atoms with Gasteiger partial charge in [0.15, 0.2) is 0 Å². The van der Waals surface area contributed by atoms with Gasteiger partial charge in [-0.15, -0.1) is 0 Å². The van der Waals surface area contributed by atoms with Crippen LogP contribution in [0.1, 0.15) is 18.9 Å². The molecule has 0 saturated heterocycles. The van der Waals surface area contributed by atoms with Crippen LogP contribution in [0, 0.1) is 15.9 Å². The van der Waals surface area contributed by atoms with Crippen LogP contribution in [0.25, 0.3) is 0 Å². The molecule has 0 aliphatic rings. The van der Waals surface area contributed by atoms with Crippen molar-refractivity contribution in [3.05, 3.63) is 39.7 Å². The Balaban J connectivity index is 2.68. The minimum atomic E-state index is -0.603. The van der Waals surface area contributed by atoms with Gasteiger partial charge in [-0.3, -0.25) is 10.1 Å². The van der Waals surface area contributed by atoms with Crippen LogP contribution in [0.2, 0.25) is 0 Å². The highest BCUT2D eigenvalue weighted by atomic mass is 32.2. The Kier molecular flexibility index (Phi) is 5.37. The summed E-state index contributed by atoms with van der Waals surface area (Å²) in [6.07, 6.45) is 0.655. The minimum Gasteiger partial charge on any atom is -0.396 e. The van der Waals surface area contributed by atoms with Gasteiger partial charge < -0.3 is 5.11 Å². The van der Waals surface area contributed by atoms with E-state index in [1.165, 1.54) is 23.9 Å². The molecule has 6 heteroatoms. The highest BCUT2D eigenvalue weighted by molar-refractivity contribution is 7.99. The molecule has 0 amide bonds. The lowest BCUT2D eigenvalue weighted by Crippen LogP contribution is -2.00. The molecule has 1 atom stereocenters. The number of hydrogen-bond acceptors (Lipinski definition) is 4. The number of rotatable bonds is 6. The number of aliphatic hydroxyl groups is 1. The fraction of sp³-hybridized carbons (Fsp3) is 0.455. The number of nitrogens with zero attached hydrogens (tertiary/aromatic N) is 1. The first kappa shape index (κ1) is 13.9. The van der Waals surface area contributed by atoms with Crippen LogP contribution in [0.4, 0.5) is 10.1 Å².